The van der Waals surface area contributed by atoms with Crippen LogP contribution in [0.1, 0.15) is 5.56 Å². The van der Waals surface area contributed by atoms with Crippen LogP contribution >= 0.6 is 12.2 Å². The zero-order valence-corrected chi connectivity index (χ0v) is 8.99. The molecule has 0 fully saturated rings. The topological polar surface area (TPSA) is 32.3 Å². The molecule has 0 aliphatic rings. The number of anilines is 1. The Kier molecular flexibility index (Phi) is 3.17. The molecule has 0 atom stereocenters. The third-order valence-corrected chi connectivity index (χ3v) is 2.69. The first-order valence-electron chi connectivity index (χ1n) is 4.25. The molecule has 4 heteroatoms. The first kappa shape index (κ1) is 10.3. The van der Waals surface area contributed by atoms with Crippen molar-refractivity contribution in [3.8, 4) is 0 Å². The molecule has 0 saturated carbocycles. The van der Waals surface area contributed by atoms with Gasteiger partial charge in [-0.15, -0.1) is 0 Å². The molecule has 0 saturated heterocycles. The van der Waals surface area contributed by atoms with Crippen molar-refractivity contribution in [2.75, 3.05) is 32.1 Å². The Morgan fingerprint density at radius 1 is 1.54 bits per heavy atom. The number of rotatable bonds is 4. The molecular weight excluding hydrogens is 184 g/mol. The molecule has 0 aliphatic carbocycles. The summed E-state index contributed by atoms with van der Waals surface area (Å²) in [4.78, 5) is 13.3. The summed E-state index contributed by atoms with van der Waals surface area (Å²) in [6.45, 7) is 3.60. The van der Waals surface area contributed by atoms with E-state index in [1.807, 2.05) is 25.9 Å². The van der Waals surface area contributed by atoms with E-state index in [1.165, 1.54) is 0 Å². The first-order valence-corrected chi connectivity index (χ1v) is 4.66. The zero-order chi connectivity index (χ0) is 10.0. The summed E-state index contributed by atoms with van der Waals surface area (Å²) in [6, 6.07) is 0. The minimum absolute atomic E-state index is 0.0195. The van der Waals surface area contributed by atoms with E-state index in [4.69, 9.17) is 12.2 Å². The molecule has 1 rings (SSSR count). The van der Waals surface area contributed by atoms with Gasteiger partial charge in [-0.05, 0) is 19.5 Å². The van der Waals surface area contributed by atoms with Crippen LogP contribution in [0, 0.1) is 11.4 Å². The summed E-state index contributed by atoms with van der Waals surface area (Å²) in [5, 5.41) is 3.03. The molecule has 72 valence electrons. The average molecular weight is 198 g/mol. The van der Waals surface area contributed by atoms with Gasteiger partial charge in [-0.3, -0.25) is 4.79 Å². The Morgan fingerprint density at radius 2 is 2.15 bits per heavy atom. The SMILES string of the molecule is CNCCN(C)c1c(C)c(=S)c1=O. The first-order chi connectivity index (χ1) is 6.09. The Morgan fingerprint density at radius 3 is 2.62 bits per heavy atom. The van der Waals surface area contributed by atoms with Crippen LogP contribution in [0.3, 0.4) is 0 Å². The maximum atomic E-state index is 11.3. The standard InChI is InChI=1S/C9H14N2OS/c1-6-7(8(12)9(6)13)11(3)5-4-10-2/h10H,4-5H2,1-3H3. The number of nitrogens with zero attached hydrogens (tertiary/aromatic N) is 1. The molecular formula is C9H14N2OS. The van der Waals surface area contributed by atoms with Crippen molar-refractivity contribution in [3.05, 3.63) is 20.3 Å². The van der Waals surface area contributed by atoms with Gasteiger partial charge >= 0.3 is 0 Å². The molecule has 1 N–H and O–H groups in total. The van der Waals surface area contributed by atoms with Crippen LogP contribution in [0.2, 0.25) is 0 Å². The predicted molar refractivity (Wildman–Crippen MR) is 57.9 cm³/mol. The summed E-state index contributed by atoms with van der Waals surface area (Å²) < 4.78 is 0.492. The Balaban J connectivity index is 2.74. The van der Waals surface area contributed by atoms with Crippen LogP contribution in [-0.4, -0.2) is 27.2 Å². The van der Waals surface area contributed by atoms with Crippen LogP contribution in [0.4, 0.5) is 5.69 Å². The van der Waals surface area contributed by atoms with E-state index < -0.39 is 0 Å². The van der Waals surface area contributed by atoms with Crippen LogP contribution in [-0.2, 0) is 0 Å². The number of nitrogens with one attached hydrogen (secondary N) is 1. The van der Waals surface area contributed by atoms with E-state index in [2.05, 4.69) is 5.32 Å². The van der Waals surface area contributed by atoms with Gasteiger partial charge in [-0.2, -0.15) is 0 Å². The van der Waals surface area contributed by atoms with Crippen LogP contribution < -0.4 is 15.6 Å². The minimum Gasteiger partial charge on any atom is -0.370 e. The van der Waals surface area contributed by atoms with Crippen molar-refractivity contribution in [2.45, 2.75) is 6.92 Å². The summed E-state index contributed by atoms with van der Waals surface area (Å²) in [6.07, 6.45) is 0. The monoisotopic (exact) mass is 198 g/mol. The highest BCUT2D eigenvalue weighted by atomic mass is 32.1. The molecule has 0 aromatic heterocycles. The highest BCUT2D eigenvalue weighted by molar-refractivity contribution is 7.71. The van der Waals surface area contributed by atoms with Crippen molar-refractivity contribution in [2.24, 2.45) is 0 Å². The summed E-state index contributed by atoms with van der Waals surface area (Å²) in [7, 11) is 3.80. The molecule has 1 aromatic rings. The van der Waals surface area contributed by atoms with Gasteiger partial charge in [0, 0.05) is 20.1 Å². The van der Waals surface area contributed by atoms with E-state index in [0.717, 1.165) is 24.3 Å². The predicted octanol–water partition coefficient (Wildman–Crippen LogP) is 0.616. The fourth-order valence-electron chi connectivity index (χ4n) is 1.34. The highest BCUT2D eigenvalue weighted by Gasteiger charge is 2.16. The summed E-state index contributed by atoms with van der Waals surface area (Å²) >= 11 is 4.89. The quantitative estimate of drug-likeness (QED) is 0.719. The molecule has 1 aromatic carbocycles. The van der Waals surface area contributed by atoms with Crippen molar-refractivity contribution < 1.29 is 0 Å². The van der Waals surface area contributed by atoms with E-state index in [1.54, 1.807) is 0 Å². The van der Waals surface area contributed by atoms with Crippen molar-refractivity contribution in [1.82, 2.24) is 5.32 Å². The Labute approximate surface area is 83.1 Å². The molecule has 3 nitrogen and oxygen atoms in total. The summed E-state index contributed by atoms with van der Waals surface area (Å²) in [5.41, 5.74) is 1.75. The maximum absolute atomic E-state index is 11.3. The molecule has 0 amide bonds. The lowest BCUT2D eigenvalue weighted by Crippen LogP contribution is -2.33. The Bertz CT molecular complexity index is 365. The van der Waals surface area contributed by atoms with Crippen LogP contribution in [0.5, 0.6) is 0 Å². The van der Waals surface area contributed by atoms with E-state index >= 15 is 0 Å². The molecule has 0 aliphatic heterocycles. The lowest BCUT2D eigenvalue weighted by Gasteiger charge is -2.22. The third-order valence-electron chi connectivity index (χ3n) is 2.20. The van der Waals surface area contributed by atoms with Crippen molar-refractivity contribution in [3.63, 3.8) is 0 Å². The average Bonchev–Trinajstić information content (AvgIpc) is 2.14. The second kappa shape index (κ2) is 3.98. The summed E-state index contributed by atoms with van der Waals surface area (Å²) in [5.74, 6) is 0. The maximum Gasteiger partial charge on any atom is 0.220 e. The van der Waals surface area contributed by atoms with Gasteiger partial charge in [0.25, 0.3) is 0 Å². The fraction of sp³-hybridized carbons (Fsp3) is 0.556. The van der Waals surface area contributed by atoms with Gasteiger partial charge in [0.15, 0.2) is 0 Å². The second-order valence-electron chi connectivity index (χ2n) is 3.16. The van der Waals surface area contributed by atoms with Gasteiger partial charge in [0.1, 0.15) is 0 Å². The fourth-order valence-corrected chi connectivity index (χ4v) is 1.54. The van der Waals surface area contributed by atoms with Gasteiger partial charge in [-0.1, -0.05) is 12.2 Å². The lowest BCUT2D eigenvalue weighted by atomic mass is 10.1. The van der Waals surface area contributed by atoms with Gasteiger partial charge < -0.3 is 10.2 Å². The highest BCUT2D eigenvalue weighted by Crippen LogP contribution is 2.17. The van der Waals surface area contributed by atoms with Crippen molar-refractivity contribution >= 4 is 17.9 Å². The normalized spacial score (nSPS) is 10.7. The minimum atomic E-state index is 0.0195. The lowest BCUT2D eigenvalue weighted by molar-refractivity contribution is 0.763. The largest absolute Gasteiger partial charge is 0.370 e. The van der Waals surface area contributed by atoms with E-state index in [0.29, 0.717) is 4.51 Å². The smallest absolute Gasteiger partial charge is 0.220 e. The van der Waals surface area contributed by atoms with Crippen LogP contribution in [0.25, 0.3) is 0 Å². The van der Waals surface area contributed by atoms with E-state index in [9.17, 15) is 4.79 Å². The van der Waals surface area contributed by atoms with Crippen LogP contribution in [0.15, 0.2) is 4.79 Å². The number of hydrogen-bond acceptors (Lipinski definition) is 4. The molecule has 0 bridgehead atoms. The zero-order valence-electron chi connectivity index (χ0n) is 8.18. The molecule has 0 radical (unpaired) electrons. The third kappa shape index (κ3) is 1.78. The van der Waals surface area contributed by atoms with Crippen molar-refractivity contribution in [1.29, 1.82) is 0 Å². The Hall–Kier alpha value is -0.740. The second-order valence-corrected chi connectivity index (χ2v) is 3.57. The van der Waals surface area contributed by atoms with Gasteiger partial charge in [-0.25, -0.2) is 0 Å². The van der Waals surface area contributed by atoms with Gasteiger partial charge in [0.2, 0.25) is 5.43 Å². The number of likely N-dealkylation sites (N-methyl/N-ethyl adjacent to an activating group) is 2. The van der Waals surface area contributed by atoms with Gasteiger partial charge in [0.05, 0.1) is 10.2 Å². The molecule has 0 unspecified atom stereocenters. The molecule has 0 heterocycles. The molecule has 13 heavy (non-hydrogen) atoms. The number of hydrogen-bond donors (Lipinski definition) is 1. The van der Waals surface area contributed by atoms with E-state index in [-0.39, 0.29) is 5.43 Å². The molecule has 0 spiro atoms.